The van der Waals surface area contributed by atoms with Crippen LogP contribution < -0.4 is 32.5 Å². The zero-order chi connectivity index (χ0) is 59.5. The lowest BCUT2D eigenvalue weighted by atomic mass is 10.0. The van der Waals surface area contributed by atoms with Crippen LogP contribution >= 0.6 is 0 Å². The summed E-state index contributed by atoms with van der Waals surface area (Å²) in [6, 6.07) is 32.5. The summed E-state index contributed by atoms with van der Waals surface area (Å²) in [5.41, 5.74) is 4.32. The van der Waals surface area contributed by atoms with Gasteiger partial charge < -0.3 is 40.5 Å². The van der Waals surface area contributed by atoms with Crippen LogP contribution in [0.1, 0.15) is 132 Å². The van der Waals surface area contributed by atoms with Crippen molar-refractivity contribution in [2.24, 2.45) is 29.6 Å². The fourth-order valence-electron chi connectivity index (χ4n) is 7.80. The van der Waals surface area contributed by atoms with E-state index in [0.717, 1.165) is 29.6 Å². The number of amides is 4. The standard InChI is InChI=1S/C16H26N2O5.C15H17NO.C14H18N2O.C11H15NO.C8H17NO/c1-9(2)21-8-13-12(22-10(3)4)6-14(23-13)18-7-11(5)15(19)17-16(18)20;1-11(2)15(17)16-10-13-8-5-7-12-6-3-4-9-14(12)13;1-10(2)14(17)15-8-7-11-9-16-13-6-4-3-5-12(11)13;1-9(2)11(13)12-8-10-6-4-3-5-7-10;1-6(2)5-9-8(10)7(3)4/h7,9-10,12-14H,6,8H2,1-5H3,(H,17,19,20);3-9,11H,10H2,1-2H3,(H,16,17);3-6,9-10,16H,7-8H2,1-2H3,(H,15,17);3-7,9H,8H2,1-2H3,(H,12,13);6-7H,5H2,1-4H3,(H,9,10)/t12?,13-,14-;;;;/m1..../s1. The molecule has 1 fully saturated rings. The molecular weight excluding hydrogens is 1010 g/mol. The molecule has 0 saturated carbocycles. The Morgan fingerprint density at radius 2 is 1.18 bits per heavy atom. The molecule has 6 N–H and O–H groups in total. The average molecular weight is 1100 g/mol. The van der Waals surface area contributed by atoms with E-state index >= 15 is 0 Å². The van der Waals surface area contributed by atoms with E-state index in [2.05, 4.69) is 81.5 Å². The van der Waals surface area contributed by atoms with Crippen molar-refractivity contribution >= 4 is 45.3 Å². The van der Waals surface area contributed by atoms with E-state index in [4.69, 9.17) is 14.2 Å². The van der Waals surface area contributed by atoms with Gasteiger partial charge in [0.15, 0.2) is 0 Å². The van der Waals surface area contributed by atoms with Crippen LogP contribution in [0, 0.1) is 36.5 Å². The molecule has 7 rings (SSSR count). The molecule has 3 atom stereocenters. The maximum atomic E-state index is 12.0. The minimum absolute atomic E-state index is 0.0324. The monoisotopic (exact) mass is 1100 g/mol. The Labute approximate surface area is 474 Å². The number of carbonyl (C=O) groups is 4. The maximum absolute atomic E-state index is 12.0. The summed E-state index contributed by atoms with van der Waals surface area (Å²) >= 11 is 0. The van der Waals surface area contributed by atoms with E-state index in [1.807, 2.05) is 150 Å². The number of H-pyrrole nitrogens is 2. The minimum atomic E-state index is -0.473. The number of aryl methyl sites for hydroxylation is 1. The molecule has 0 aliphatic carbocycles. The van der Waals surface area contributed by atoms with Gasteiger partial charge in [-0.3, -0.25) is 33.5 Å². The van der Waals surface area contributed by atoms with Gasteiger partial charge in [-0.25, -0.2) is 4.79 Å². The second-order valence-corrected chi connectivity index (χ2v) is 22.2. The van der Waals surface area contributed by atoms with Crippen LogP contribution in [0.5, 0.6) is 0 Å². The van der Waals surface area contributed by atoms with E-state index in [1.165, 1.54) is 32.5 Å². The number of ether oxygens (including phenoxy) is 3. The van der Waals surface area contributed by atoms with Crippen molar-refractivity contribution in [2.75, 3.05) is 19.7 Å². The van der Waals surface area contributed by atoms with Crippen molar-refractivity contribution in [1.29, 1.82) is 0 Å². The highest BCUT2D eigenvalue weighted by atomic mass is 16.6. The van der Waals surface area contributed by atoms with Crippen LogP contribution in [0.15, 0.2) is 119 Å². The first-order chi connectivity index (χ1) is 37.9. The predicted molar refractivity (Wildman–Crippen MR) is 322 cm³/mol. The number of para-hydroxylation sites is 1. The number of aromatic amines is 2. The largest absolute Gasteiger partial charge is 0.376 e. The van der Waals surface area contributed by atoms with Gasteiger partial charge in [0.25, 0.3) is 5.56 Å². The second-order valence-electron chi connectivity index (χ2n) is 22.2. The zero-order valence-electron chi connectivity index (χ0n) is 50.2. The van der Waals surface area contributed by atoms with E-state index in [1.54, 1.807) is 6.92 Å². The fourth-order valence-corrected chi connectivity index (χ4v) is 7.80. The highest BCUT2D eigenvalue weighted by molar-refractivity contribution is 5.86. The number of nitrogens with one attached hydrogen (secondary N) is 6. The molecule has 1 saturated heterocycles. The molecule has 1 aliphatic heterocycles. The summed E-state index contributed by atoms with van der Waals surface area (Å²) in [5, 5.41) is 15.2. The quantitative estimate of drug-likeness (QED) is 0.0454. The molecule has 438 valence electrons. The zero-order valence-corrected chi connectivity index (χ0v) is 50.2. The van der Waals surface area contributed by atoms with Crippen molar-refractivity contribution in [3.8, 4) is 0 Å². The van der Waals surface area contributed by atoms with Crippen LogP contribution in [0.3, 0.4) is 0 Å². The van der Waals surface area contributed by atoms with Crippen molar-refractivity contribution < 1.29 is 33.4 Å². The van der Waals surface area contributed by atoms with Crippen LogP contribution in [-0.4, -0.2) is 82.3 Å². The fraction of sp³-hybridized carbons (Fsp3) is 0.500. The van der Waals surface area contributed by atoms with Gasteiger partial charge >= 0.3 is 5.69 Å². The topological polar surface area (TPSA) is 215 Å². The number of fused-ring (bicyclic) bond motifs is 2. The first-order valence-electron chi connectivity index (χ1n) is 28.3. The lowest BCUT2D eigenvalue weighted by molar-refractivity contribution is -0.124. The van der Waals surface area contributed by atoms with E-state index in [-0.39, 0.29) is 77.3 Å². The van der Waals surface area contributed by atoms with Crippen molar-refractivity contribution in [1.82, 2.24) is 35.8 Å². The normalized spacial score (nSPS) is 14.7. The molecule has 1 aliphatic rings. The van der Waals surface area contributed by atoms with Gasteiger partial charge in [-0.1, -0.05) is 160 Å². The van der Waals surface area contributed by atoms with E-state index in [9.17, 15) is 28.8 Å². The van der Waals surface area contributed by atoms with Crippen molar-refractivity contribution in [2.45, 2.75) is 160 Å². The van der Waals surface area contributed by atoms with Gasteiger partial charge in [0, 0.05) is 85.1 Å². The number of rotatable bonds is 19. The smallest absolute Gasteiger partial charge is 0.330 e. The highest BCUT2D eigenvalue weighted by Gasteiger charge is 2.38. The Kier molecular flexibility index (Phi) is 29.5. The Morgan fingerprint density at radius 3 is 1.77 bits per heavy atom. The molecule has 3 heterocycles. The lowest BCUT2D eigenvalue weighted by Gasteiger charge is -2.21. The third kappa shape index (κ3) is 24.2. The van der Waals surface area contributed by atoms with Crippen LogP contribution in [-0.2, 0) is 52.9 Å². The third-order valence-corrected chi connectivity index (χ3v) is 12.5. The molecule has 4 aromatic carbocycles. The van der Waals surface area contributed by atoms with Crippen LogP contribution in [0.25, 0.3) is 21.7 Å². The molecule has 2 aromatic heterocycles. The molecular formula is C64H93N7O9. The van der Waals surface area contributed by atoms with Crippen LogP contribution in [0.4, 0.5) is 0 Å². The molecule has 0 bridgehead atoms. The number of hydrogen-bond donors (Lipinski definition) is 6. The number of aromatic nitrogens is 3. The van der Waals surface area contributed by atoms with Crippen LogP contribution in [0.2, 0.25) is 0 Å². The molecule has 16 heteroatoms. The third-order valence-electron chi connectivity index (χ3n) is 12.5. The maximum Gasteiger partial charge on any atom is 0.330 e. The minimum Gasteiger partial charge on any atom is -0.376 e. The summed E-state index contributed by atoms with van der Waals surface area (Å²) < 4.78 is 19.0. The van der Waals surface area contributed by atoms with Gasteiger partial charge in [-0.15, -0.1) is 0 Å². The first kappa shape index (κ1) is 67.4. The molecule has 0 radical (unpaired) electrons. The lowest BCUT2D eigenvalue weighted by Crippen LogP contribution is -2.33. The van der Waals surface area contributed by atoms with Gasteiger partial charge in [-0.05, 0) is 80.5 Å². The van der Waals surface area contributed by atoms with E-state index in [0.29, 0.717) is 44.1 Å². The van der Waals surface area contributed by atoms with Crippen molar-refractivity contribution in [3.05, 3.63) is 153 Å². The van der Waals surface area contributed by atoms with E-state index < -0.39 is 11.9 Å². The number of nitrogens with zero attached hydrogens (tertiary/aromatic N) is 1. The number of benzene rings is 4. The molecule has 0 spiro atoms. The predicted octanol–water partition coefficient (Wildman–Crippen LogP) is 10.3. The average Bonchev–Trinajstić information content (AvgIpc) is 4.03. The molecule has 6 aromatic rings. The first-order valence-corrected chi connectivity index (χ1v) is 28.3. The Bertz CT molecular complexity index is 2920. The molecule has 4 amide bonds. The molecule has 16 nitrogen and oxygen atoms in total. The summed E-state index contributed by atoms with van der Waals surface area (Å²) in [6.45, 7) is 32.0. The Morgan fingerprint density at radius 1 is 0.625 bits per heavy atom. The number of hydrogen-bond acceptors (Lipinski definition) is 9. The second kappa shape index (κ2) is 35.0. The summed E-state index contributed by atoms with van der Waals surface area (Å²) in [7, 11) is 0. The summed E-state index contributed by atoms with van der Waals surface area (Å²) in [4.78, 5) is 74.2. The van der Waals surface area contributed by atoms with Crippen molar-refractivity contribution in [3.63, 3.8) is 0 Å². The SMILES string of the molecule is CC(C)C(=O)NCCc1c[nH]c2ccccc12.CC(C)C(=O)NCc1cccc2ccccc12.CC(C)C(=O)NCc1ccccc1.CC(C)CNC(=O)C(C)C.Cc1cn([C@H]2CC(OC(C)C)[C@@H](COC(C)C)O2)c(=O)[nH]c1=O. The molecule has 1 unspecified atom stereocenters. The summed E-state index contributed by atoms with van der Waals surface area (Å²) in [5.74, 6) is 1.26. The van der Waals surface area contributed by atoms with Gasteiger partial charge in [-0.2, -0.15) is 0 Å². The van der Waals surface area contributed by atoms with Gasteiger partial charge in [0.2, 0.25) is 23.6 Å². The Balaban J connectivity index is 0.000000270. The summed E-state index contributed by atoms with van der Waals surface area (Å²) in [6.07, 6.45) is 4.23. The molecule has 80 heavy (non-hydrogen) atoms. The van der Waals surface area contributed by atoms with Gasteiger partial charge in [0.05, 0.1) is 24.9 Å². The number of carbonyl (C=O) groups excluding carboxylic acids is 4. The Hall–Kier alpha value is -6.88. The highest BCUT2D eigenvalue weighted by Crippen LogP contribution is 2.31. The van der Waals surface area contributed by atoms with Gasteiger partial charge in [0.1, 0.15) is 12.3 Å².